The van der Waals surface area contributed by atoms with Crippen molar-refractivity contribution in [3.8, 4) is 0 Å². The second-order valence-corrected chi connectivity index (χ2v) is 8.64. The molecule has 0 spiro atoms. The van der Waals surface area contributed by atoms with E-state index in [0.717, 1.165) is 44.1 Å². The number of allylic oxidation sites excluding steroid dienone is 1. The largest absolute Gasteiger partial charge is 0.478 e. The molecule has 5 atom stereocenters. The maximum Gasteiger partial charge on any atom is 0.333 e. The number of carbonyl (C=O) groups is 2. The molecular formula is C21H30O5. The van der Waals surface area contributed by atoms with Gasteiger partial charge in [0.05, 0.1) is 0 Å². The SMILES string of the molecule is COC1OC(=O)C=C1CCC1(C)C(C)CCC2(C)C(C(=O)O)=CCCC21. The molecule has 1 saturated carbocycles. The van der Waals surface area contributed by atoms with Crippen molar-refractivity contribution >= 4 is 11.9 Å². The molecule has 0 saturated heterocycles. The molecule has 144 valence electrons. The smallest absolute Gasteiger partial charge is 0.333 e. The Kier molecular flexibility index (Phi) is 5.04. The Morgan fingerprint density at radius 3 is 2.77 bits per heavy atom. The zero-order valence-corrected chi connectivity index (χ0v) is 16.2. The van der Waals surface area contributed by atoms with E-state index < -0.39 is 12.3 Å². The maximum atomic E-state index is 11.8. The highest BCUT2D eigenvalue weighted by molar-refractivity contribution is 5.88. The number of aliphatic carboxylic acids is 1. The summed E-state index contributed by atoms with van der Waals surface area (Å²) in [5, 5.41) is 9.73. The second-order valence-electron chi connectivity index (χ2n) is 8.64. The highest BCUT2D eigenvalue weighted by atomic mass is 16.7. The minimum Gasteiger partial charge on any atom is -0.478 e. The molecule has 0 aromatic carbocycles. The molecule has 3 aliphatic rings. The number of hydrogen-bond acceptors (Lipinski definition) is 4. The molecule has 5 unspecified atom stereocenters. The van der Waals surface area contributed by atoms with Gasteiger partial charge in [-0.1, -0.05) is 26.8 Å². The van der Waals surface area contributed by atoms with Gasteiger partial charge in [0, 0.05) is 29.7 Å². The molecule has 1 N–H and O–H groups in total. The number of fused-ring (bicyclic) bond motifs is 1. The van der Waals surface area contributed by atoms with Crippen LogP contribution in [0.15, 0.2) is 23.3 Å². The molecule has 2 aliphatic carbocycles. The van der Waals surface area contributed by atoms with Crippen LogP contribution in [0.25, 0.3) is 0 Å². The Balaban J connectivity index is 1.85. The predicted octanol–water partition coefficient (Wildman–Crippen LogP) is 4.09. The van der Waals surface area contributed by atoms with E-state index >= 15 is 0 Å². The van der Waals surface area contributed by atoms with Gasteiger partial charge < -0.3 is 14.6 Å². The molecule has 5 heteroatoms. The van der Waals surface area contributed by atoms with E-state index in [-0.39, 0.29) is 16.8 Å². The summed E-state index contributed by atoms with van der Waals surface area (Å²) in [6, 6.07) is 0. The predicted molar refractivity (Wildman–Crippen MR) is 97.3 cm³/mol. The van der Waals surface area contributed by atoms with E-state index in [1.165, 1.54) is 0 Å². The number of rotatable bonds is 5. The van der Waals surface area contributed by atoms with E-state index in [0.29, 0.717) is 17.4 Å². The minimum atomic E-state index is -0.772. The number of methoxy groups -OCH3 is 1. The molecule has 0 radical (unpaired) electrons. The van der Waals surface area contributed by atoms with Crippen LogP contribution in [0.5, 0.6) is 0 Å². The van der Waals surface area contributed by atoms with E-state index in [4.69, 9.17) is 9.47 Å². The van der Waals surface area contributed by atoms with Crippen LogP contribution in [0.1, 0.15) is 59.3 Å². The molecule has 0 aromatic heterocycles. The Bertz CT molecular complexity index is 663. The third-order valence-corrected chi connectivity index (χ3v) is 7.43. The molecule has 1 fully saturated rings. The van der Waals surface area contributed by atoms with Crippen LogP contribution in [-0.2, 0) is 19.1 Å². The number of carboxylic acid groups (broad SMARTS) is 1. The summed E-state index contributed by atoms with van der Waals surface area (Å²) in [6.45, 7) is 6.74. The van der Waals surface area contributed by atoms with Crippen molar-refractivity contribution < 1.29 is 24.2 Å². The van der Waals surface area contributed by atoms with Crippen LogP contribution in [0.2, 0.25) is 0 Å². The lowest BCUT2D eigenvalue weighted by Gasteiger charge is -2.57. The lowest BCUT2D eigenvalue weighted by Crippen LogP contribution is -2.51. The topological polar surface area (TPSA) is 72.8 Å². The molecule has 0 amide bonds. The lowest BCUT2D eigenvalue weighted by molar-refractivity contribution is -0.155. The molecule has 0 bridgehead atoms. The molecule has 1 heterocycles. The van der Waals surface area contributed by atoms with Crippen molar-refractivity contribution in [2.24, 2.45) is 22.7 Å². The fourth-order valence-electron chi connectivity index (χ4n) is 5.68. The Labute approximate surface area is 155 Å². The average molecular weight is 362 g/mol. The summed E-state index contributed by atoms with van der Waals surface area (Å²) >= 11 is 0. The number of esters is 1. The number of cyclic esters (lactones) is 1. The van der Waals surface area contributed by atoms with Crippen molar-refractivity contribution in [1.29, 1.82) is 0 Å². The molecule has 5 nitrogen and oxygen atoms in total. The van der Waals surface area contributed by atoms with Crippen LogP contribution in [-0.4, -0.2) is 30.4 Å². The number of carboxylic acids is 1. The van der Waals surface area contributed by atoms with Crippen LogP contribution in [0, 0.1) is 22.7 Å². The van der Waals surface area contributed by atoms with Gasteiger partial charge in [0.15, 0.2) is 0 Å². The van der Waals surface area contributed by atoms with E-state index in [1.807, 2.05) is 6.08 Å². The first-order valence-corrected chi connectivity index (χ1v) is 9.60. The van der Waals surface area contributed by atoms with Gasteiger partial charge in [-0.25, -0.2) is 9.59 Å². The normalized spacial score (nSPS) is 39.7. The third kappa shape index (κ3) is 3.00. The Hall–Kier alpha value is -1.62. The summed E-state index contributed by atoms with van der Waals surface area (Å²) in [6.07, 6.45) is 8.36. The van der Waals surface area contributed by atoms with Gasteiger partial charge in [0.2, 0.25) is 6.29 Å². The number of hydrogen-bond donors (Lipinski definition) is 1. The summed E-state index contributed by atoms with van der Waals surface area (Å²) in [5.41, 5.74) is 1.23. The average Bonchev–Trinajstić information content (AvgIpc) is 2.96. The van der Waals surface area contributed by atoms with Crippen LogP contribution in [0.3, 0.4) is 0 Å². The number of carbonyl (C=O) groups excluding carboxylic acids is 1. The standard InChI is InChI=1S/C21H30O5/c1-13-8-10-21(3)15(18(23)24)6-5-7-16(21)20(13,2)11-9-14-12-17(22)26-19(14)25-4/h6,12-13,16,19H,5,7-11H2,1-4H3,(H,23,24). The molecule has 26 heavy (non-hydrogen) atoms. The minimum absolute atomic E-state index is 0.0206. The monoisotopic (exact) mass is 362 g/mol. The highest BCUT2D eigenvalue weighted by Gasteiger charge is 2.55. The van der Waals surface area contributed by atoms with Gasteiger partial charge in [-0.05, 0) is 55.8 Å². The molecule has 0 aromatic rings. The fraction of sp³-hybridized carbons (Fsp3) is 0.714. The van der Waals surface area contributed by atoms with Crippen LogP contribution in [0.4, 0.5) is 0 Å². The van der Waals surface area contributed by atoms with Crippen molar-refractivity contribution in [3.05, 3.63) is 23.3 Å². The first-order chi connectivity index (χ1) is 12.2. The van der Waals surface area contributed by atoms with Gasteiger partial charge in [0.25, 0.3) is 0 Å². The molecule has 3 rings (SSSR count). The lowest BCUT2D eigenvalue weighted by atomic mass is 9.46. The summed E-state index contributed by atoms with van der Waals surface area (Å²) in [5.74, 6) is -0.277. The third-order valence-electron chi connectivity index (χ3n) is 7.43. The summed E-state index contributed by atoms with van der Waals surface area (Å²) in [7, 11) is 1.55. The van der Waals surface area contributed by atoms with Crippen LogP contribution < -0.4 is 0 Å². The van der Waals surface area contributed by atoms with Crippen LogP contribution >= 0.6 is 0 Å². The van der Waals surface area contributed by atoms with Gasteiger partial charge in [-0.2, -0.15) is 0 Å². The first-order valence-electron chi connectivity index (χ1n) is 9.60. The summed E-state index contributed by atoms with van der Waals surface area (Å²) < 4.78 is 10.4. The van der Waals surface area contributed by atoms with Gasteiger partial charge in [-0.15, -0.1) is 0 Å². The van der Waals surface area contributed by atoms with E-state index in [2.05, 4.69) is 20.8 Å². The quantitative estimate of drug-likeness (QED) is 0.746. The van der Waals surface area contributed by atoms with Crippen molar-refractivity contribution in [2.45, 2.75) is 65.6 Å². The van der Waals surface area contributed by atoms with Crippen molar-refractivity contribution in [1.82, 2.24) is 0 Å². The second kappa shape index (κ2) is 6.84. The summed E-state index contributed by atoms with van der Waals surface area (Å²) in [4.78, 5) is 23.4. The zero-order valence-electron chi connectivity index (χ0n) is 16.2. The highest BCUT2D eigenvalue weighted by Crippen LogP contribution is 2.62. The first kappa shape index (κ1) is 19.2. The zero-order chi connectivity index (χ0) is 19.1. The maximum absolute atomic E-state index is 11.8. The Morgan fingerprint density at radius 2 is 2.12 bits per heavy atom. The van der Waals surface area contributed by atoms with Crippen molar-refractivity contribution in [3.63, 3.8) is 0 Å². The molecular weight excluding hydrogens is 332 g/mol. The Morgan fingerprint density at radius 1 is 1.38 bits per heavy atom. The van der Waals surface area contributed by atoms with E-state index in [1.54, 1.807) is 13.2 Å². The number of ether oxygens (including phenoxy) is 2. The van der Waals surface area contributed by atoms with Gasteiger partial charge >= 0.3 is 11.9 Å². The fourth-order valence-corrected chi connectivity index (χ4v) is 5.68. The van der Waals surface area contributed by atoms with Gasteiger partial charge in [-0.3, -0.25) is 0 Å². The van der Waals surface area contributed by atoms with E-state index in [9.17, 15) is 14.7 Å². The van der Waals surface area contributed by atoms with Gasteiger partial charge in [0.1, 0.15) is 0 Å². The molecule has 1 aliphatic heterocycles. The van der Waals surface area contributed by atoms with Crippen molar-refractivity contribution in [2.75, 3.05) is 7.11 Å².